The molecule has 0 aromatic rings. The molecule has 1 N–H and O–H groups in total. The van der Waals surface area contributed by atoms with Gasteiger partial charge in [-0.3, -0.25) is 0 Å². The third-order valence-electron chi connectivity index (χ3n) is 1.56. The minimum atomic E-state index is 0.778. The van der Waals surface area contributed by atoms with Crippen LogP contribution in [0.2, 0.25) is 0 Å². The molecule has 2 heteroatoms. The molecule has 10 heavy (non-hydrogen) atoms. The lowest BCUT2D eigenvalue weighted by Gasteiger charge is -2.03. The first-order valence-corrected chi connectivity index (χ1v) is 4.13. The zero-order chi connectivity index (χ0) is 7.82. The van der Waals surface area contributed by atoms with Gasteiger partial charge in [0.25, 0.3) is 0 Å². The third-order valence-corrected chi connectivity index (χ3v) is 1.56. The summed E-state index contributed by atoms with van der Waals surface area (Å²) < 4.78 is 4.99. The normalized spacial score (nSPS) is 23.7. The summed E-state index contributed by atoms with van der Waals surface area (Å²) in [6, 6.07) is 0. The predicted molar refractivity (Wildman–Crippen MR) is 44.2 cm³/mol. The number of methoxy groups -OCH3 is 1. The fraction of sp³-hybridized carbons (Fsp3) is 1.00. The molecule has 2 nitrogen and oxygen atoms in total. The zero-order valence-electron chi connectivity index (χ0n) is 7.31. The van der Waals surface area contributed by atoms with Gasteiger partial charge in [-0.15, -0.1) is 0 Å². The molecule has 1 aliphatic heterocycles. The largest absolute Gasteiger partial charge is 0.384 e. The lowest BCUT2D eigenvalue weighted by atomic mass is 10.1. The van der Waals surface area contributed by atoms with Crippen molar-refractivity contribution in [3.05, 3.63) is 0 Å². The first-order valence-electron chi connectivity index (χ1n) is 4.13. The topological polar surface area (TPSA) is 21.3 Å². The molecule has 0 aliphatic carbocycles. The van der Waals surface area contributed by atoms with Gasteiger partial charge in [-0.25, -0.2) is 0 Å². The molecule has 0 unspecified atom stereocenters. The molecule has 1 aliphatic rings. The van der Waals surface area contributed by atoms with E-state index < -0.39 is 0 Å². The fourth-order valence-corrected chi connectivity index (χ4v) is 1.09. The van der Waals surface area contributed by atoms with E-state index in [9.17, 15) is 0 Å². The molecule has 0 saturated carbocycles. The van der Waals surface area contributed by atoms with Gasteiger partial charge in [0.2, 0.25) is 0 Å². The molecule has 1 fully saturated rings. The van der Waals surface area contributed by atoms with Crippen LogP contribution in [0, 0.1) is 5.92 Å². The summed E-state index contributed by atoms with van der Waals surface area (Å²) in [5, 5.41) is 3.28. The van der Waals surface area contributed by atoms with E-state index in [4.69, 9.17) is 4.74 Å². The van der Waals surface area contributed by atoms with Crippen molar-refractivity contribution in [2.24, 2.45) is 5.92 Å². The Morgan fingerprint density at radius 3 is 2.60 bits per heavy atom. The Morgan fingerprint density at radius 1 is 1.50 bits per heavy atom. The maximum atomic E-state index is 4.99. The molecule has 1 heterocycles. The standard InChI is InChI=1S/C6H13NO.C2H6/c1-8-5-6-2-3-7-4-6;1-2/h6-7H,2-5H2,1H3;1-2H3/t6-;/m1./s1. The van der Waals surface area contributed by atoms with Crippen LogP contribution in [0.15, 0.2) is 0 Å². The summed E-state index contributed by atoms with van der Waals surface area (Å²) in [5.41, 5.74) is 0. The highest BCUT2D eigenvalue weighted by atomic mass is 16.5. The smallest absolute Gasteiger partial charge is 0.0503 e. The Bertz CT molecular complexity index is 60.3. The molecular weight excluding hydrogens is 126 g/mol. The summed E-state index contributed by atoms with van der Waals surface area (Å²) in [5.74, 6) is 0.778. The van der Waals surface area contributed by atoms with Crippen LogP contribution in [0.5, 0.6) is 0 Å². The van der Waals surface area contributed by atoms with Crippen molar-refractivity contribution in [3.8, 4) is 0 Å². The van der Waals surface area contributed by atoms with Crippen molar-refractivity contribution in [2.75, 3.05) is 26.8 Å². The van der Waals surface area contributed by atoms with Gasteiger partial charge in [0.05, 0.1) is 6.61 Å². The fourth-order valence-electron chi connectivity index (χ4n) is 1.09. The van der Waals surface area contributed by atoms with Gasteiger partial charge in [0.1, 0.15) is 0 Å². The minimum absolute atomic E-state index is 0.778. The lowest BCUT2D eigenvalue weighted by molar-refractivity contribution is 0.160. The SMILES string of the molecule is CC.COC[C@@H]1CCNC1. The average Bonchev–Trinajstić information content (AvgIpc) is 2.46. The maximum Gasteiger partial charge on any atom is 0.0503 e. The van der Waals surface area contributed by atoms with Crippen LogP contribution in [0.25, 0.3) is 0 Å². The molecule has 0 radical (unpaired) electrons. The molecule has 0 amide bonds. The van der Waals surface area contributed by atoms with Crippen LogP contribution in [0.4, 0.5) is 0 Å². The molecule has 1 saturated heterocycles. The van der Waals surface area contributed by atoms with E-state index in [0.717, 1.165) is 19.1 Å². The molecular formula is C8H19NO. The monoisotopic (exact) mass is 145 g/mol. The number of hydrogen-bond acceptors (Lipinski definition) is 2. The van der Waals surface area contributed by atoms with Crippen LogP contribution in [0.1, 0.15) is 20.3 Å². The van der Waals surface area contributed by atoms with E-state index in [0.29, 0.717) is 0 Å². The average molecular weight is 145 g/mol. The number of nitrogens with one attached hydrogen (secondary N) is 1. The van der Waals surface area contributed by atoms with Crippen molar-refractivity contribution in [1.29, 1.82) is 0 Å². The Kier molecular flexibility index (Phi) is 6.98. The van der Waals surface area contributed by atoms with Gasteiger partial charge < -0.3 is 10.1 Å². The second kappa shape index (κ2) is 7.03. The van der Waals surface area contributed by atoms with Gasteiger partial charge in [-0.2, -0.15) is 0 Å². The quantitative estimate of drug-likeness (QED) is 0.632. The van der Waals surface area contributed by atoms with E-state index in [1.807, 2.05) is 13.8 Å². The number of rotatable bonds is 2. The van der Waals surface area contributed by atoms with Gasteiger partial charge >= 0.3 is 0 Å². The highest BCUT2D eigenvalue weighted by Gasteiger charge is 2.12. The van der Waals surface area contributed by atoms with Gasteiger partial charge in [0, 0.05) is 13.7 Å². The van der Waals surface area contributed by atoms with Gasteiger partial charge in [-0.05, 0) is 18.9 Å². The summed E-state index contributed by atoms with van der Waals surface area (Å²) in [6.07, 6.45) is 1.29. The highest BCUT2D eigenvalue weighted by Crippen LogP contribution is 2.05. The molecule has 1 rings (SSSR count). The van der Waals surface area contributed by atoms with E-state index in [1.165, 1.54) is 13.0 Å². The summed E-state index contributed by atoms with van der Waals surface area (Å²) in [6.45, 7) is 7.24. The van der Waals surface area contributed by atoms with Crippen molar-refractivity contribution in [3.63, 3.8) is 0 Å². The van der Waals surface area contributed by atoms with Gasteiger partial charge in [-0.1, -0.05) is 13.8 Å². The Balaban J connectivity index is 0.000000371. The summed E-state index contributed by atoms with van der Waals surface area (Å²) in [4.78, 5) is 0. The highest BCUT2D eigenvalue weighted by molar-refractivity contribution is 4.69. The van der Waals surface area contributed by atoms with Crippen molar-refractivity contribution >= 4 is 0 Å². The minimum Gasteiger partial charge on any atom is -0.384 e. The Morgan fingerprint density at radius 2 is 2.20 bits per heavy atom. The molecule has 0 aromatic heterocycles. The first kappa shape index (κ1) is 9.92. The zero-order valence-corrected chi connectivity index (χ0v) is 7.31. The Hall–Kier alpha value is -0.0800. The molecule has 62 valence electrons. The first-order chi connectivity index (χ1) is 4.93. The molecule has 0 bridgehead atoms. The predicted octanol–water partition coefficient (Wildman–Crippen LogP) is 1.27. The molecule has 0 spiro atoms. The second-order valence-corrected chi connectivity index (χ2v) is 2.31. The second-order valence-electron chi connectivity index (χ2n) is 2.31. The maximum absolute atomic E-state index is 4.99. The van der Waals surface area contributed by atoms with Crippen LogP contribution < -0.4 is 5.32 Å². The summed E-state index contributed by atoms with van der Waals surface area (Å²) in [7, 11) is 1.76. The van der Waals surface area contributed by atoms with E-state index in [1.54, 1.807) is 7.11 Å². The number of ether oxygens (including phenoxy) is 1. The van der Waals surface area contributed by atoms with E-state index in [-0.39, 0.29) is 0 Å². The van der Waals surface area contributed by atoms with Crippen LogP contribution in [-0.2, 0) is 4.74 Å². The van der Waals surface area contributed by atoms with E-state index >= 15 is 0 Å². The number of hydrogen-bond donors (Lipinski definition) is 1. The van der Waals surface area contributed by atoms with Crippen LogP contribution in [-0.4, -0.2) is 26.8 Å². The summed E-state index contributed by atoms with van der Waals surface area (Å²) >= 11 is 0. The lowest BCUT2D eigenvalue weighted by Crippen LogP contribution is -2.12. The van der Waals surface area contributed by atoms with Crippen molar-refractivity contribution in [2.45, 2.75) is 20.3 Å². The molecule has 1 atom stereocenters. The van der Waals surface area contributed by atoms with Crippen molar-refractivity contribution < 1.29 is 4.74 Å². The van der Waals surface area contributed by atoms with Crippen molar-refractivity contribution in [1.82, 2.24) is 5.32 Å². The Labute approximate surface area is 64.0 Å². The van der Waals surface area contributed by atoms with E-state index in [2.05, 4.69) is 5.32 Å². The van der Waals surface area contributed by atoms with Gasteiger partial charge in [0.15, 0.2) is 0 Å². The van der Waals surface area contributed by atoms with Crippen LogP contribution >= 0.6 is 0 Å². The van der Waals surface area contributed by atoms with Crippen LogP contribution in [0.3, 0.4) is 0 Å². The third kappa shape index (κ3) is 3.85. The molecule has 0 aromatic carbocycles.